The Morgan fingerprint density at radius 3 is 2.65 bits per heavy atom. The van der Waals surface area contributed by atoms with Crippen LogP contribution in [0, 0.1) is 6.92 Å². The van der Waals surface area contributed by atoms with E-state index in [1.165, 1.54) is 0 Å². The van der Waals surface area contributed by atoms with Crippen LogP contribution in [-0.2, 0) is 0 Å². The van der Waals surface area contributed by atoms with Crippen LogP contribution in [0.4, 0.5) is 16.8 Å². The van der Waals surface area contributed by atoms with E-state index in [2.05, 4.69) is 33.3 Å². The van der Waals surface area contributed by atoms with Gasteiger partial charge in [-0.25, -0.2) is 15.0 Å². The first-order valence-corrected chi connectivity index (χ1v) is 9.11. The Hall–Kier alpha value is -2.99. The molecule has 0 aliphatic heterocycles. The molecule has 3 aromatic heterocycles. The summed E-state index contributed by atoms with van der Waals surface area (Å²) < 4.78 is 0. The molecule has 0 bridgehead atoms. The largest absolute Gasteiger partial charge is 0.341 e. The second-order valence-electron chi connectivity index (χ2n) is 5.74. The molecule has 0 aliphatic rings. The Bertz CT molecular complexity index is 892. The molecule has 0 saturated heterocycles. The average Bonchev–Trinajstić information content (AvgIpc) is 3.12. The van der Waals surface area contributed by atoms with Crippen LogP contribution in [0.15, 0.2) is 68.0 Å². The number of hydrogen-bond acceptors (Lipinski definition) is 6. The van der Waals surface area contributed by atoms with Crippen molar-refractivity contribution in [1.29, 1.82) is 0 Å². The molecular formula is C20H21N5S. The molecule has 0 saturated carbocycles. The highest BCUT2D eigenvalue weighted by atomic mass is 32.1. The van der Waals surface area contributed by atoms with Crippen LogP contribution in [0.3, 0.4) is 0 Å². The van der Waals surface area contributed by atoms with E-state index in [1.54, 1.807) is 17.5 Å². The minimum Gasteiger partial charge on any atom is -0.341 e. The molecule has 6 heteroatoms. The number of aryl methyl sites for hydroxylation is 1. The first-order chi connectivity index (χ1) is 12.7. The Morgan fingerprint density at radius 1 is 1.12 bits per heavy atom. The van der Waals surface area contributed by atoms with Crippen LogP contribution in [0.1, 0.15) is 5.56 Å². The van der Waals surface area contributed by atoms with Crippen LogP contribution < -0.4 is 10.2 Å². The van der Waals surface area contributed by atoms with Crippen molar-refractivity contribution in [2.75, 3.05) is 23.3 Å². The maximum atomic E-state index is 4.69. The molecule has 132 valence electrons. The molecule has 5 nitrogen and oxygen atoms in total. The van der Waals surface area contributed by atoms with Crippen LogP contribution in [0.25, 0.3) is 10.6 Å². The van der Waals surface area contributed by atoms with E-state index in [-0.39, 0.29) is 0 Å². The molecule has 0 atom stereocenters. The number of aromatic nitrogens is 3. The minimum atomic E-state index is 0.729. The lowest BCUT2D eigenvalue weighted by Crippen LogP contribution is -2.22. The zero-order valence-electron chi connectivity index (χ0n) is 14.7. The van der Waals surface area contributed by atoms with Crippen molar-refractivity contribution in [3.63, 3.8) is 0 Å². The van der Waals surface area contributed by atoms with Crippen LogP contribution in [-0.4, -0.2) is 28.0 Å². The van der Waals surface area contributed by atoms with Crippen molar-refractivity contribution in [2.45, 2.75) is 6.92 Å². The summed E-state index contributed by atoms with van der Waals surface area (Å²) in [7, 11) is 0. The molecular weight excluding hydrogens is 342 g/mol. The van der Waals surface area contributed by atoms with Crippen molar-refractivity contribution in [3.05, 3.63) is 73.6 Å². The third kappa shape index (κ3) is 4.34. The van der Waals surface area contributed by atoms with E-state index in [0.717, 1.165) is 46.0 Å². The summed E-state index contributed by atoms with van der Waals surface area (Å²) in [5.74, 6) is 1.53. The third-order valence-electron chi connectivity index (χ3n) is 3.64. The molecule has 0 radical (unpaired) electrons. The summed E-state index contributed by atoms with van der Waals surface area (Å²) in [5, 5.41) is 4.18. The van der Waals surface area contributed by atoms with Crippen LogP contribution in [0.5, 0.6) is 0 Å². The second-order valence-corrected chi connectivity index (χ2v) is 6.75. The average molecular weight is 363 g/mol. The highest BCUT2D eigenvalue weighted by Gasteiger charge is 2.11. The van der Waals surface area contributed by atoms with Gasteiger partial charge in [0.2, 0.25) is 0 Å². The molecule has 1 N–H and O–H groups in total. The van der Waals surface area contributed by atoms with Gasteiger partial charge in [0.15, 0.2) is 5.13 Å². The summed E-state index contributed by atoms with van der Waals surface area (Å²) in [6.07, 6.45) is 7.37. The predicted octanol–water partition coefficient (Wildman–Crippen LogP) is 4.83. The molecule has 26 heavy (non-hydrogen) atoms. The number of nitrogens with zero attached hydrogens (tertiary/aromatic N) is 4. The Labute approximate surface area is 157 Å². The van der Waals surface area contributed by atoms with Crippen molar-refractivity contribution in [1.82, 2.24) is 15.0 Å². The van der Waals surface area contributed by atoms with Gasteiger partial charge in [-0.1, -0.05) is 29.6 Å². The molecule has 0 fully saturated rings. The maximum absolute atomic E-state index is 4.69. The normalized spacial score (nSPS) is 10.3. The molecule has 3 aromatic rings. The second kappa shape index (κ2) is 8.40. The first kappa shape index (κ1) is 17.8. The van der Waals surface area contributed by atoms with Gasteiger partial charge < -0.3 is 10.2 Å². The van der Waals surface area contributed by atoms with Gasteiger partial charge in [0.25, 0.3) is 0 Å². The fourth-order valence-corrected chi connectivity index (χ4v) is 3.35. The number of anilines is 3. The van der Waals surface area contributed by atoms with E-state index in [1.807, 2.05) is 55.6 Å². The van der Waals surface area contributed by atoms with Gasteiger partial charge in [0.05, 0.1) is 10.6 Å². The Kier molecular flexibility index (Phi) is 5.76. The molecule has 3 rings (SSSR count). The highest BCUT2D eigenvalue weighted by Crippen LogP contribution is 2.30. The monoisotopic (exact) mass is 363 g/mol. The molecule has 0 unspecified atom stereocenters. The summed E-state index contributed by atoms with van der Waals surface area (Å²) in [6, 6.07) is 9.84. The number of rotatable bonds is 8. The summed E-state index contributed by atoms with van der Waals surface area (Å²) >= 11 is 1.60. The van der Waals surface area contributed by atoms with Gasteiger partial charge in [-0.15, -0.1) is 13.2 Å². The van der Waals surface area contributed by atoms with E-state index < -0.39 is 0 Å². The predicted molar refractivity (Wildman–Crippen MR) is 110 cm³/mol. The first-order valence-electron chi connectivity index (χ1n) is 8.29. The van der Waals surface area contributed by atoms with Gasteiger partial charge in [0, 0.05) is 25.5 Å². The zero-order valence-corrected chi connectivity index (χ0v) is 15.5. The van der Waals surface area contributed by atoms with Crippen LogP contribution in [0.2, 0.25) is 0 Å². The summed E-state index contributed by atoms with van der Waals surface area (Å²) in [4.78, 5) is 16.7. The molecule has 0 aromatic carbocycles. The minimum absolute atomic E-state index is 0.729. The zero-order chi connectivity index (χ0) is 18.4. The van der Waals surface area contributed by atoms with E-state index in [9.17, 15) is 0 Å². The van der Waals surface area contributed by atoms with E-state index in [4.69, 9.17) is 4.98 Å². The Morgan fingerprint density at radius 2 is 1.92 bits per heavy atom. The highest BCUT2D eigenvalue weighted by molar-refractivity contribution is 7.18. The molecule has 0 aliphatic carbocycles. The van der Waals surface area contributed by atoms with Gasteiger partial charge in [0.1, 0.15) is 11.6 Å². The van der Waals surface area contributed by atoms with Crippen molar-refractivity contribution < 1.29 is 0 Å². The molecule has 3 heterocycles. The lowest BCUT2D eigenvalue weighted by atomic mass is 10.3. The van der Waals surface area contributed by atoms with Crippen molar-refractivity contribution in [2.24, 2.45) is 0 Å². The fourth-order valence-electron chi connectivity index (χ4n) is 2.45. The van der Waals surface area contributed by atoms with Gasteiger partial charge >= 0.3 is 0 Å². The smallest absolute Gasteiger partial charge is 0.186 e. The number of nitrogens with one attached hydrogen (secondary N) is 1. The lowest BCUT2D eigenvalue weighted by Gasteiger charge is -2.17. The number of hydrogen-bond donors (Lipinski definition) is 1. The SMILES string of the molecule is C=CCN(CC=C)c1ncc(-c2cccc(Nc3cc(C)ccn3)n2)s1. The number of pyridine rings is 2. The molecule has 0 spiro atoms. The van der Waals surface area contributed by atoms with Crippen LogP contribution >= 0.6 is 11.3 Å². The van der Waals surface area contributed by atoms with Gasteiger partial charge in [-0.05, 0) is 36.8 Å². The fraction of sp³-hybridized carbons (Fsp3) is 0.150. The van der Waals surface area contributed by atoms with E-state index in [0.29, 0.717) is 0 Å². The third-order valence-corrected chi connectivity index (χ3v) is 4.72. The number of thiazole rings is 1. The van der Waals surface area contributed by atoms with Gasteiger partial charge in [-0.2, -0.15) is 0 Å². The quantitative estimate of drug-likeness (QED) is 0.581. The van der Waals surface area contributed by atoms with E-state index >= 15 is 0 Å². The Balaban J connectivity index is 1.82. The maximum Gasteiger partial charge on any atom is 0.186 e. The topological polar surface area (TPSA) is 53.9 Å². The summed E-state index contributed by atoms with van der Waals surface area (Å²) in [6.45, 7) is 11.1. The molecule has 0 amide bonds. The lowest BCUT2D eigenvalue weighted by molar-refractivity contribution is 0.946. The summed E-state index contributed by atoms with van der Waals surface area (Å²) in [5.41, 5.74) is 2.03. The van der Waals surface area contributed by atoms with Crippen molar-refractivity contribution >= 4 is 28.1 Å². The standard InChI is InChI=1S/C20H21N5S/c1-4-11-25(12-5-2)20-22-14-17(26-20)16-7-6-8-18(23-16)24-19-13-15(3)9-10-21-19/h4-10,13-14H,1-2,11-12H2,3H3,(H,21,23,24). The van der Waals surface area contributed by atoms with Crippen molar-refractivity contribution in [3.8, 4) is 10.6 Å². The van der Waals surface area contributed by atoms with Gasteiger partial charge in [-0.3, -0.25) is 0 Å².